The third-order valence-electron chi connectivity index (χ3n) is 5.55. The van der Waals surface area contributed by atoms with Gasteiger partial charge in [0.2, 0.25) is 0 Å². The third kappa shape index (κ3) is 4.13. The number of amides is 4. The van der Waals surface area contributed by atoms with E-state index in [1.807, 2.05) is 61.5 Å². The van der Waals surface area contributed by atoms with E-state index in [-0.39, 0.29) is 5.57 Å². The van der Waals surface area contributed by atoms with Crippen LogP contribution in [-0.2, 0) is 16.0 Å². The molecule has 1 aliphatic heterocycles. The van der Waals surface area contributed by atoms with E-state index in [9.17, 15) is 14.4 Å². The second kappa shape index (κ2) is 9.03. The number of carbonyl (C=O) groups excluding carboxylic acids is 3. The topological polar surface area (TPSA) is 79.6 Å². The molecule has 4 aromatic rings. The van der Waals surface area contributed by atoms with Crippen LogP contribution in [0.2, 0.25) is 0 Å². The van der Waals surface area contributed by atoms with Crippen LogP contribution in [0.1, 0.15) is 18.2 Å². The van der Waals surface area contributed by atoms with Gasteiger partial charge < -0.3 is 4.42 Å². The number of rotatable bonds is 5. The summed E-state index contributed by atoms with van der Waals surface area (Å²) in [5, 5.41) is 5.09. The minimum absolute atomic E-state index is 0.171. The van der Waals surface area contributed by atoms with E-state index >= 15 is 0 Å². The highest BCUT2D eigenvalue weighted by molar-refractivity contribution is 7.99. The van der Waals surface area contributed by atoms with Crippen molar-refractivity contribution in [2.45, 2.75) is 23.3 Å². The number of nitrogens with zero attached hydrogens (tertiary/aromatic N) is 1. The fourth-order valence-corrected chi connectivity index (χ4v) is 4.71. The molecule has 34 heavy (non-hydrogen) atoms. The summed E-state index contributed by atoms with van der Waals surface area (Å²) in [7, 11) is 0. The summed E-state index contributed by atoms with van der Waals surface area (Å²) in [6, 6.07) is 23.9. The average molecular weight is 469 g/mol. The molecule has 0 saturated carbocycles. The number of hydrogen-bond acceptors (Lipinski definition) is 5. The van der Waals surface area contributed by atoms with E-state index in [4.69, 9.17) is 4.42 Å². The maximum Gasteiger partial charge on any atom is 0.335 e. The number of imide groups is 2. The third-order valence-corrected chi connectivity index (χ3v) is 6.55. The summed E-state index contributed by atoms with van der Waals surface area (Å²) in [5.41, 5.74) is 1.30. The largest absolute Gasteiger partial charge is 0.450 e. The average Bonchev–Trinajstić information content (AvgIpc) is 3.29. The first-order valence-electron chi connectivity index (χ1n) is 10.8. The number of nitrogens with one attached hydrogen (secondary N) is 1. The number of aryl methyl sites for hydroxylation is 1. The van der Waals surface area contributed by atoms with Crippen LogP contribution in [0.3, 0.4) is 0 Å². The molecule has 0 bridgehead atoms. The lowest BCUT2D eigenvalue weighted by Crippen LogP contribution is -2.54. The number of urea groups is 1. The van der Waals surface area contributed by atoms with Crippen LogP contribution in [-0.4, -0.2) is 17.8 Å². The van der Waals surface area contributed by atoms with Gasteiger partial charge in [-0.25, -0.2) is 9.69 Å². The van der Waals surface area contributed by atoms with Crippen LogP contribution in [0, 0.1) is 0 Å². The molecule has 0 unspecified atom stereocenters. The lowest BCUT2D eigenvalue weighted by molar-refractivity contribution is -0.122. The monoisotopic (exact) mass is 468 g/mol. The van der Waals surface area contributed by atoms with Gasteiger partial charge in [0.1, 0.15) is 11.3 Å². The van der Waals surface area contributed by atoms with Crippen molar-refractivity contribution in [3.05, 3.63) is 95.8 Å². The van der Waals surface area contributed by atoms with Crippen molar-refractivity contribution in [2.24, 2.45) is 0 Å². The van der Waals surface area contributed by atoms with Crippen molar-refractivity contribution >= 4 is 52.1 Å². The molecule has 1 N–H and O–H groups in total. The van der Waals surface area contributed by atoms with E-state index in [1.54, 1.807) is 24.3 Å². The fourth-order valence-electron chi connectivity index (χ4n) is 3.77. The molecule has 1 saturated heterocycles. The molecule has 0 atom stereocenters. The standard InChI is InChI=1S/C27H20N2O4S/c1-2-17-10-12-19(13-11-17)29-26(31)22(25(30)28-27(29)32)16-20-14-15-24(33-20)34-23-9-5-7-18-6-3-4-8-21(18)23/h3-16H,2H2,1H3,(H,28,30,32)/b22-16-. The van der Waals surface area contributed by atoms with Gasteiger partial charge >= 0.3 is 6.03 Å². The highest BCUT2D eigenvalue weighted by atomic mass is 32.2. The number of hydrogen-bond donors (Lipinski definition) is 1. The molecule has 2 heterocycles. The zero-order chi connectivity index (χ0) is 23.7. The van der Waals surface area contributed by atoms with Gasteiger partial charge in [0.25, 0.3) is 11.8 Å². The van der Waals surface area contributed by atoms with Crippen LogP contribution in [0.15, 0.2) is 98.8 Å². The molecule has 1 aliphatic rings. The minimum Gasteiger partial charge on any atom is -0.450 e. The molecule has 168 valence electrons. The van der Waals surface area contributed by atoms with E-state index in [1.165, 1.54) is 17.8 Å². The molecule has 0 aliphatic carbocycles. The Balaban J connectivity index is 1.42. The van der Waals surface area contributed by atoms with Gasteiger partial charge in [-0.2, -0.15) is 0 Å². The predicted molar refractivity (Wildman–Crippen MR) is 132 cm³/mol. The summed E-state index contributed by atoms with van der Waals surface area (Å²) in [5.74, 6) is -1.11. The first-order valence-corrected chi connectivity index (χ1v) is 11.6. The van der Waals surface area contributed by atoms with E-state index in [0.29, 0.717) is 16.5 Å². The molecular weight excluding hydrogens is 448 g/mol. The Morgan fingerprint density at radius 3 is 2.47 bits per heavy atom. The highest BCUT2D eigenvalue weighted by Crippen LogP contribution is 2.35. The molecule has 0 radical (unpaired) electrons. The van der Waals surface area contributed by atoms with Crippen LogP contribution in [0.5, 0.6) is 0 Å². The van der Waals surface area contributed by atoms with Gasteiger partial charge in [-0.05, 0) is 59.2 Å². The van der Waals surface area contributed by atoms with Crippen molar-refractivity contribution in [1.29, 1.82) is 0 Å². The lowest BCUT2D eigenvalue weighted by atomic mass is 10.1. The Kier molecular flexibility index (Phi) is 5.77. The molecule has 1 aromatic heterocycles. The second-order valence-electron chi connectivity index (χ2n) is 7.71. The van der Waals surface area contributed by atoms with Gasteiger partial charge in [-0.1, -0.05) is 67.2 Å². The molecule has 0 spiro atoms. The van der Waals surface area contributed by atoms with Crippen LogP contribution in [0.4, 0.5) is 10.5 Å². The first-order chi connectivity index (χ1) is 16.5. The zero-order valence-electron chi connectivity index (χ0n) is 18.3. The van der Waals surface area contributed by atoms with Crippen LogP contribution in [0.25, 0.3) is 16.8 Å². The Labute approximate surface area is 200 Å². The number of barbiturate groups is 1. The summed E-state index contributed by atoms with van der Waals surface area (Å²) in [6.07, 6.45) is 2.20. The van der Waals surface area contributed by atoms with E-state index in [2.05, 4.69) is 5.32 Å². The molecule has 5 rings (SSSR count). The number of carbonyl (C=O) groups is 3. The van der Waals surface area contributed by atoms with Crippen molar-refractivity contribution < 1.29 is 18.8 Å². The molecule has 1 fully saturated rings. The maximum absolute atomic E-state index is 13.1. The van der Waals surface area contributed by atoms with Crippen molar-refractivity contribution in [1.82, 2.24) is 5.32 Å². The molecule has 4 amide bonds. The quantitative estimate of drug-likeness (QED) is 0.295. The Hall–Kier alpha value is -4.10. The predicted octanol–water partition coefficient (Wildman–Crippen LogP) is 5.81. The minimum atomic E-state index is -0.775. The van der Waals surface area contributed by atoms with Crippen LogP contribution >= 0.6 is 11.8 Å². The number of anilines is 1. The van der Waals surface area contributed by atoms with Gasteiger partial charge in [-0.3, -0.25) is 14.9 Å². The van der Waals surface area contributed by atoms with E-state index < -0.39 is 17.8 Å². The molecule has 3 aromatic carbocycles. The highest BCUT2D eigenvalue weighted by Gasteiger charge is 2.37. The lowest BCUT2D eigenvalue weighted by Gasteiger charge is -2.26. The van der Waals surface area contributed by atoms with E-state index in [0.717, 1.165) is 32.6 Å². The summed E-state index contributed by atoms with van der Waals surface area (Å²) < 4.78 is 5.88. The number of fused-ring (bicyclic) bond motifs is 1. The van der Waals surface area contributed by atoms with Gasteiger partial charge in [0.15, 0.2) is 5.09 Å². The first kappa shape index (κ1) is 21.7. The SMILES string of the molecule is CCc1ccc(N2C(=O)NC(=O)/C(=C/c3ccc(Sc4cccc5ccccc45)o3)C2=O)cc1. The molecular formula is C27H20N2O4S. The fraction of sp³-hybridized carbons (Fsp3) is 0.0741. The molecule has 6 nitrogen and oxygen atoms in total. The molecule has 7 heteroatoms. The number of benzene rings is 3. The Bertz CT molecular complexity index is 1450. The summed E-state index contributed by atoms with van der Waals surface area (Å²) in [6.45, 7) is 2.02. The smallest absolute Gasteiger partial charge is 0.335 e. The zero-order valence-corrected chi connectivity index (χ0v) is 19.1. The summed E-state index contributed by atoms with van der Waals surface area (Å²) >= 11 is 1.46. The van der Waals surface area contributed by atoms with Gasteiger partial charge in [0, 0.05) is 4.90 Å². The van der Waals surface area contributed by atoms with Crippen molar-refractivity contribution in [3.8, 4) is 0 Å². The van der Waals surface area contributed by atoms with Crippen molar-refractivity contribution in [3.63, 3.8) is 0 Å². The normalized spacial score (nSPS) is 15.3. The van der Waals surface area contributed by atoms with Crippen LogP contribution < -0.4 is 10.2 Å². The Morgan fingerprint density at radius 2 is 1.68 bits per heavy atom. The van der Waals surface area contributed by atoms with Gasteiger partial charge in [-0.15, -0.1) is 0 Å². The van der Waals surface area contributed by atoms with Crippen molar-refractivity contribution in [2.75, 3.05) is 4.90 Å². The second-order valence-corrected chi connectivity index (χ2v) is 8.76. The maximum atomic E-state index is 13.1. The van der Waals surface area contributed by atoms with Gasteiger partial charge in [0.05, 0.1) is 5.69 Å². The number of furan rings is 1. The summed E-state index contributed by atoms with van der Waals surface area (Å²) in [4.78, 5) is 39.9. The Morgan fingerprint density at radius 1 is 0.912 bits per heavy atom.